The average molecular weight is 503 g/mol. The van der Waals surface area contributed by atoms with Gasteiger partial charge in [0.1, 0.15) is 5.82 Å². The maximum Gasteiger partial charge on any atom is 0.264 e. The van der Waals surface area contributed by atoms with Crippen LogP contribution in [0.15, 0.2) is 36.4 Å². The number of fused-ring (bicyclic) bond motifs is 1. The van der Waals surface area contributed by atoms with Crippen LogP contribution in [0, 0.1) is 6.92 Å². The lowest BCUT2D eigenvalue weighted by molar-refractivity contribution is 0.0857. The second kappa shape index (κ2) is 12.5. The Balaban J connectivity index is 1.87. The number of nitrogens with zero attached hydrogens (tertiary/aromatic N) is 3. The van der Waals surface area contributed by atoms with Crippen LogP contribution in [0.2, 0.25) is 5.02 Å². The minimum atomic E-state index is -2.62. The third kappa shape index (κ3) is 6.46. The van der Waals surface area contributed by atoms with E-state index in [4.69, 9.17) is 11.6 Å². The molecule has 1 heterocycles. The van der Waals surface area contributed by atoms with Gasteiger partial charge in [0, 0.05) is 28.4 Å². The molecular formula is C26H33ClN3O3S-. The Bertz CT molecular complexity index is 1160. The van der Waals surface area contributed by atoms with Crippen molar-refractivity contribution in [3.8, 4) is 0 Å². The number of aryl methyl sites for hydroxylation is 2. The summed E-state index contributed by atoms with van der Waals surface area (Å²) in [6, 6.07) is 11.3. The highest BCUT2D eigenvalue weighted by Gasteiger charge is 2.19. The van der Waals surface area contributed by atoms with E-state index in [9.17, 15) is 13.6 Å². The van der Waals surface area contributed by atoms with Crippen LogP contribution in [-0.2, 0) is 24.2 Å². The van der Waals surface area contributed by atoms with Gasteiger partial charge in [-0.2, -0.15) is 0 Å². The zero-order valence-corrected chi connectivity index (χ0v) is 21.8. The number of carbonyl (C=O) groups is 1. The van der Waals surface area contributed by atoms with Crippen molar-refractivity contribution in [1.82, 2.24) is 13.9 Å². The van der Waals surface area contributed by atoms with Gasteiger partial charge in [0.15, 0.2) is 0 Å². The first-order valence-electron chi connectivity index (χ1n) is 12.0. The number of amides is 1. The maximum atomic E-state index is 13.0. The molecule has 1 atom stereocenters. The number of aromatic nitrogens is 2. The molecule has 34 heavy (non-hydrogen) atoms. The van der Waals surface area contributed by atoms with Crippen molar-refractivity contribution in [2.24, 2.45) is 0 Å². The Kier molecular flexibility index (Phi) is 9.68. The van der Waals surface area contributed by atoms with Crippen molar-refractivity contribution < 1.29 is 13.6 Å². The van der Waals surface area contributed by atoms with Crippen LogP contribution in [0.25, 0.3) is 11.0 Å². The van der Waals surface area contributed by atoms with Crippen LogP contribution in [0.4, 0.5) is 0 Å². The predicted molar refractivity (Wildman–Crippen MR) is 138 cm³/mol. The number of unbranched alkanes of at least 4 members (excludes halogenated alkanes) is 4. The highest BCUT2D eigenvalue weighted by atomic mass is 35.5. The fourth-order valence-corrected chi connectivity index (χ4v) is 4.87. The lowest BCUT2D eigenvalue weighted by Gasteiger charge is -2.24. The lowest BCUT2D eigenvalue weighted by atomic mass is 10.1. The van der Waals surface area contributed by atoms with Gasteiger partial charge in [-0.3, -0.25) is 13.3 Å². The predicted octanol–water partition coefficient (Wildman–Crippen LogP) is 6.21. The molecular weight excluding hydrogens is 470 g/mol. The Labute approximate surface area is 209 Å². The smallest absolute Gasteiger partial charge is 0.264 e. The fraction of sp³-hybridized carbons (Fsp3) is 0.462. The molecule has 0 saturated heterocycles. The Hall–Kier alpha value is -2.22. The Morgan fingerprint density at radius 2 is 1.82 bits per heavy atom. The summed E-state index contributed by atoms with van der Waals surface area (Å²) in [6.07, 6.45) is 7.01. The van der Waals surface area contributed by atoms with Gasteiger partial charge < -0.3 is 9.12 Å². The van der Waals surface area contributed by atoms with Gasteiger partial charge in [-0.1, -0.05) is 63.3 Å². The molecule has 6 nitrogen and oxygen atoms in total. The third-order valence-corrected chi connectivity index (χ3v) is 7.13. The molecule has 0 aliphatic heterocycles. The second-order valence-corrected chi connectivity index (χ2v) is 9.95. The largest absolute Gasteiger partial charge is 0.755 e. The molecule has 3 rings (SSSR count). The highest BCUT2D eigenvalue weighted by molar-refractivity contribution is 7.77. The lowest BCUT2D eigenvalue weighted by Crippen LogP contribution is -2.33. The molecule has 0 bridgehead atoms. The van der Waals surface area contributed by atoms with E-state index in [0.29, 0.717) is 23.6 Å². The van der Waals surface area contributed by atoms with E-state index < -0.39 is 17.2 Å². The van der Waals surface area contributed by atoms with Crippen LogP contribution < -0.4 is 0 Å². The summed E-state index contributed by atoms with van der Waals surface area (Å²) in [5.41, 5.74) is 4.06. The normalized spacial score (nSPS) is 12.3. The van der Waals surface area contributed by atoms with Crippen molar-refractivity contribution in [3.05, 3.63) is 63.9 Å². The van der Waals surface area contributed by atoms with Gasteiger partial charge in [0.25, 0.3) is 5.91 Å². The molecule has 0 N–H and O–H groups in total. The van der Waals surface area contributed by atoms with Crippen LogP contribution in [0.3, 0.4) is 0 Å². The number of hydrogen-bond acceptors (Lipinski definition) is 4. The maximum absolute atomic E-state index is 13.0. The first kappa shape index (κ1) is 26.4. The molecule has 2 aromatic carbocycles. The van der Waals surface area contributed by atoms with Gasteiger partial charge >= 0.3 is 0 Å². The van der Waals surface area contributed by atoms with E-state index >= 15 is 0 Å². The Morgan fingerprint density at radius 1 is 1.09 bits per heavy atom. The molecule has 1 unspecified atom stereocenters. The quantitative estimate of drug-likeness (QED) is 0.218. The third-order valence-electron chi connectivity index (χ3n) is 6.07. The molecule has 0 spiro atoms. The van der Waals surface area contributed by atoms with Crippen LogP contribution in [0.5, 0.6) is 0 Å². The van der Waals surface area contributed by atoms with E-state index in [1.807, 2.05) is 24.5 Å². The minimum Gasteiger partial charge on any atom is -0.755 e. The van der Waals surface area contributed by atoms with E-state index in [1.54, 1.807) is 18.2 Å². The van der Waals surface area contributed by atoms with Crippen molar-refractivity contribution in [2.75, 3.05) is 6.54 Å². The zero-order chi connectivity index (χ0) is 24.7. The van der Waals surface area contributed by atoms with Crippen LogP contribution in [0.1, 0.15) is 79.7 Å². The Morgan fingerprint density at radius 3 is 2.50 bits per heavy atom. The first-order valence-corrected chi connectivity index (χ1v) is 13.4. The number of imidazole rings is 1. The monoisotopic (exact) mass is 502 g/mol. The van der Waals surface area contributed by atoms with Crippen molar-refractivity contribution in [1.29, 1.82) is 0 Å². The minimum absolute atomic E-state index is 0.180. The first-order chi connectivity index (χ1) is 16.3. The molecule has 1 amide bonds. The molecule has 0 aliphatic carbocycles. The summed E-state index contributed by atoms with van der Waals surface area (Å²) in [4.78, 5) is 17.6. The zero-order valence-electron chi connectivity index (χ0n) is 20.2. The van der Waals surface area contributed by atoms with Gasteiger partial charge in [-0.05, 0) is 61.6 Å². The fourth-order valence-electron chi connectivity index (χ4n) is 4.09. The molecule has 1 aromatic heterocycles. The topological polar surface area (TPSA) is 78.3 Å². The second-order valence-electron chi connectivity index (χ2n) is 8.66. The number of halogens is 1. The number of benzene rings is 2. The molecule has 8 heteroatoms. The molecule has 0 saturated carbocycles. The number of rotatable bonds is 12. The summed E-state index contributed by atoms with van der Waals surface area (Å²) in [5.74, 6) is 0.279. The SMILES string of the molecule is CCCCCc1ccc(Cn2c(C)nc3ccc(C(=O)N(CCCCC)S(=O)[O-])cc32)c(Cl)c1. The average Bonchev–Trinajstić information content (AvgIpc) is 3.12. The van der Waals surface area contributed by atoms with Crippen LogP contribution >= 0.6 is 11.6 Å². The van der Waals surface area contributed by atoms with Crippen molar-refractivity contribution in [3.63, 3.8) is 0 Å². The number of carbonyl (C=O) groups excluding carboxylic acids is 1. The highest BCUT2D eigenvalue weighted by Crippen LogP contribution is 2.25. The molecule has 184 valence electrons. The van der Waals surface area contributed by atoms with Gasteiger partial charge in [-0.15, -0.1) is 0 Å². The van der Waals surface area contributed by atoms with Crippen molar-refractivity contribution >= 4 is 39.8 Å². The summed E-state index contributed by atoms with van der Waals surface area (Å²) in [7, 11) is 0. The van der Waals surface area contributed by atoms with Gasteiger partial charge in [-0.25, -0.2) is 4.98 Å². The summed E-state index contributed by atoms with van der Waals surface area (Å²) in [5, 5.41) is 0.714. The summed E-state index contributed by atoms with van der Waals surface area (Å²) >= 11 is 4.00. The molecule has 0 aliphatic rings. The van der Waals surface area contributed by atoms with E-state index in [0.717, 1.165) is 52.4 Å². The molecule has 0 fully saturated rings. The van der Waals surface area contributed by atoms with E-state index in [1.165, 1.54) is 18.4 Å². The molecule has 0 radical (unpaired) electrons. The van der Waals surface area contributed by atoms with E-state index in [2.05, 4.69) is 24.0 Å². The number of hydrogen-bond donors (Lipinski definition) is 0. The standard InChI is InChI=1S/C26H34ClN3O3S/c1-4-6-8-10-20-11-12-22(23(27)16-20)18-29-19(3)28-24-14-13-21(17-25(24)29)26(31)30(34(32)33)15-9-7-5-2/h11-14,16-17H,4-10,15,18H2,1-3H3,(H,32,33)/p-1. The van der Waals surface area contributed by atoms with E-state index in [-0.39, 0.29) is 6.54 Å². The molecule has 3 aromatic rings. The summed E-state index contributed by atoms with van der Waals surface area (Å²) < 4.78 is 26.3. The van der Waals surface area contributed by atoms with Crippen LogP contribution in [-0.4, -0.2) is 35.1 Å². The van der Waals surface area contributed by atoms with Crippen molar-refractivity contribution in [2.45, 2.75) is 72.3 Å². The summed E-state index contributed by atoms with van der Waals surface area (Å²) in [6.45, 7) is 6.83. The van der Waals surface area contributed by atoms with Gasteiger partial charge in [0.2, 0.25) is 0 Å². The van der Waals surface area contributed by atoms with Gasteiger partial charge in [0.05, 0.1) is 17.6 Å².